The van der Waals surface area contributed by atoms with Crippen LogP contribution in [0.5, 0.6) is 0 Å². The molecule has 144 valence electrons. The molecule has 1 aliphatic rings. The Morgan fingerprint density at radius 2 is 2.11 bits per heavy atom. The zero-order valence-corrected chi connectivity index (χ0v) is 16.3. The van der Waals surface area contributed by atoms with Crippen molar-refractivity contribution in [3.63, 3.8) is 0 Å². The summed E-state index contributed by atoms with van der Waals surface area (Å²) >= 11 is 1.15. The Kier molecular flexibility index (Phi) is 5.59. The highest BCUT2D eigenvalue weighted by molar-refractivity contribution is 7.91. The normalized spacial score (nSPS) is 18.2. The van der Waals surface area contributed by atoms with Crippen LogP contribution in [0.15, 0.2) is 39.9 Å². The van der Waals surface area contributed by atoms with E-state index in [-0.39, 0.29) is 22.3 Å². The molecular weight excluding hydrogens is 390 g/mol. The van der Waals surface area contributed by atoms with Crippen molar-refractivity contribution in [1.82, 2.24) is 4.31 Å². The van der Waals surface area contributed by atoms with Gasteiger partial charge in [-0.1, -0.05) is 12.1 Å². The number of thiophene rings is 1. The Labute approximate surface area is 161 Å². The van der Waals surface area contributed by atoms with Gasteiger partial charge in [-0.25, -0.2) is 8.42 Å². The predicted molar refractivity (Wildman–Crippen MR) is 102 cm³/mol. The lowest BCUT2D eigenvalue weighted by Gasteiger charge is -2.30. The Morgan fingerprint density at radius 3 is 2.78 bits per heavy atom. The molecule has 1 atom stereocenters. The van der Waals surface area contributed by atoms with Crippen LogP contribution in [0.1, 0.15) is 18.4 Å². The van der Waals surface area contributed by atoms with Gasteiger partial charge in [-0.2, -0.15) is 4.31 Å². The molecule has 1 aromatic heterocycles. The van der Waals surface area contributed by atoms with Crippen molar-refractivity contribution in [2.75, 3.05) is 18.4 Å². The summed E-state index contributed by atoms with van der Waals surface area (Å²) in [5.74, 6) is -0.836. The van der Waals surface area contributed by atoms with Crippen molar-refractivity contribution in [3.05, 3.63) is 51.4 Å². The quantitative estimate of drug-likeness (QED) is 0.603. The molecule has 3 rings (SSSR count). The predicted octanol–water partition coefficient (Wildman–Crippen LogP) is 3.00. The van der Waals surface area contributed by atoms with Crippen LogP contribution in [0.2, 0.25) is 0 Å². The van der Waals surface area contributed by atoms with E-state index in [0.717, 1.165) is 11.3 Å². The molecule has 1 amide bonds. The minimum absolute atomic E-state index is 0.0710. The number of carbonyl (C=O) groups is 1. The van der Waals surface area contributed by atoms with Crippen molar-refractivity contribution in [2.45, 2.75) is 24.0 Å². The molecule has 0 saturated carbocycles. The number of hydrogen-bond acceptors (Lipinski definition) is 6. The number of nitro groups is 1. The molecule has 2 heterocycles. The van der Waals surface area contributed by atoms with Gasteiger partial charge in [0.25, 0.3) is 15.7 Å². The van der Waals surface area contributed by atoms with E-state index in [2.05, 4.69) is 5.32 Å². The van der Waals surface area contributed by atoms with Gasteiger partial charge >= 0.3 is 0 Å². The minimum Gasteiger partial charge on any atom is -0.325 e. The second kappa shape index (κ2) is 7.75. The Morgan fingerprint density at radius 1 is 1.33 bits per heavy atom. The van der Waals surface area contributed by atoms with E-state index in [4.69, 9.17) is 0 Å². The van der Waals surface area contributed by atoms with Crippen LogP contribution in [0, 0.1) is 23.0 Å². The van der Waals surface area contributed by atoms with Gasteiger partial charge in [0.05, 0.1) is 22.1 Å². The highest BCUT2D eigenvalue weighted by atomic mass is 32.2. The third-order valence-corrected chi connectivity index (χ3v) is 7.84. The molecule has 1 saturated heterocycles. The number of hydrogen-bond donors (Lipinski definition) is 1. The summed E-state index contributed by atoms with van der Waals surface area (Å²) in [5, 5.41) is 15.5. The third-order valence-electron chi connectivity index (χ3n) is 4.60. The van der Waals surface area contributed by atoms with Crippen LogP contribution in [0.25, 0.3) is 0 Å². The van der Waals surface area contributed by atoms with Gasteiger partial charge < -0.3 is 5.32 Å². The Balaban J connectivity index is 1.75. The number of amides is 1. The van der Waals surface area contributed by atoms with E-state index < -0.39 is 20.9 Å². The first-order valence-corrected chi connectivity index (χ1v) is 10.7. The Bertz CT molecular complexity index is 957. The molecule has 0 radical (unpaired) electrons. The summed E-state index contributed by atoms with van der Waals surface area (Å²) in [6, 6.07) is 7.71. The lowest BCUT2D eigenvalue weighted by Crippen LogP contribution is -2.43. The number of benzene rings is 1. The molecule has 1 unspecified atom stereocenters. The summed E-state index contributed by atoms with van der Waals surface area (Å²) in [4.78, 5) is 23.2. The van der Waals surface area contributed by atoms with Crippen LogP contribution >= 0.6 is 11.3 Å². The smallest absolute Gasteiger partial charge is 0.274 e. The van der Waals surface area contributed by atoms with Crippen molar-refractivity contribution < 1.29 is 18.1 Å². The summed E-state index contributed by atoms with van der Waals surface area (Å²) < 4.78 is 27.0. The molecule has 2 aromatic rings. The van der Waals surface area contributed by atoms with Gasteiger partial charge in [0.2, 0.25) is 5.91 Å². The summed E-state index contributed by atoms with van der Waals surface area (Å²) in [6.45, 7) is 2.04. The topological polar surface area (TPSA) is 110 Å². The number of nitrogens with zero attached hydrogens (tertiary/aromatic N) is 2. The first-order valence-electron chi connectivity index (χ1n) is 8.39. The average Bonchev–Trinajstić information content (AvgIpc) is 3.19. The molecule has 0 bridgehead atoms. The number of rotatable bonds is 5. The summed E-state index contributed by atoms with van der Waals surface area (Å²) in [5.41, 5.74) is 0.667. The van der Waals surface area contributed by atoms with E-state index in [1.165, 1.54) is 16.4 Å². The fraction of sp³-hybridized carbons (Fsp3) is 0.353. The van der Waals surface area contributed by atoms with Crippen LogP contribution in [0.3, 0.4) is 0 Å². The average molecular weight is 409 g/mol. The van der Waals surface area contributed by atoms with Crippen LogP contribution in [0.4, 0.5) is 11.4 Å². The SMILES string of the molecule is Cc1c(NC(=O)C2CCCN(S(=O)(=O)c3cccs3)C2)cccc1[N+](=O)[O-]. The minimum atomic E-state index is -3.60. The Hall–Kier alpha value is -2.30. The summed E-state index contributed by atoms with van der Waals surface area (Å²) in [6.07, 6.45) is 1.15. The molecular formula is C17H19N3O5S2. The maximum atomic E-state index is 12.7. The molecule has 10 heteroatoms. The monoisotopic (exact) mass is 409 g/mol. The highest BCUT2D eigenvalue weighted by Crippen LogP contribution is 2.29. The molecule has 0 aliphatic carbocycles. The second-order valence-corrected chi connectivity index (χ2v) is 9.44. The lowest BCUT2D eigenvalue weighted by molar-refractivity contribution is -0.385. The molecule has 1 aliphatic heterocycles. The highest BCUT2D eigenvalue weighted by Gasteiger charge is 2.34. The third kappa shape index (κ3) is 4.02. The maximum Gasteiger partial charge on any atom is 0.274 e. The molecule has 1 aromatic carbocycles. The van der Waals surface area contributed by atoms with Crippen molar-refractivity contribution in [3.8, 4) is 0 Å². The fourth-order valence-corrected chi connectivity index (χ4v) is 5.77. The molecule has 0 spiro atoms. The second-order valence-electron chi connectivity index (χ2n) is 6.33. The van der Waals surface area contributed by atoms with Gasteiger partial charge in [0.1, 0.15) is 4.21 Å². The first-order chi connectivity index (χ1) is 12.8. The van der Waals surface area contributed by atoms with E-state index in [1.807, 2.05) is 0 Å². The zero-order chi connectivity index (χ0) is 19.6. The number of carbonyl (C=O) groups excluding carboxylic acids is 1. The first kappa shape index (κ1) is 19.5. The van der Waals surface area contributed by atoms with E-state index in [1.54, 1.807) is 30.5 Å². The maximum absolute atomic E-state index is 12.7. The number of sulfonamides is 1. The van der Waals surface area contributed by atoms with Gasteiger partial charge in [-0.15, -0.1) is 11.3 Å². The van der Waals surface area contributed by atoms with Gasteiger partial charge in [-0.3, -0.25) is 14.9 Å². The van der Waals surface area contributed by atoms with E-state index >= 15 is 0 Å². The fourth-order valence-electron chi connectivity index (χ4n) is 3.10. The number of anilines is 1. The van der Waals surface area contributed by atoms with Crippen LogP contribution in [-0.2, 0) is 14.8 Å². The van der Waals surface area contributed by atoms with Crippen molar-refractivity contribution >= 4 is 38.6 Å². The number of nitro benzene ring substituents is 1. The molecule has 1 N–H and O–H groups in total. The molecule has 27 heavy (non-hydrogen) atoms. The number of nitrogens with one attached hydrogen (secondary N) is 1. The molecule has 8 nitrogen and oxygen atoms in total. The van der Waals surface area contributed by atoms with Crippen molar-refractivity contribution in [1.29, 1.82) is 0 Å². The molecule has 1 fully saturated rings. The van der Waals surface area contributed by atoms with Crippen LogP contribution < -0.4 is 5.32 Å². The van der Waals surface area contributed by atoms with E-state index in [9.17, 15) is 23.3 Å². The standard InChI is InChI=1S/C17H19N3O5S2/c1-12-14(6-2-7-15(12)20(22)23)18-17(21)13-5-3-9-19(11-13)27(24,25)16-8-4-10-26-16/h2,4,6-8,10,13H,3,5,9,11H2,1H3,(H,18,21). The lowest BCUT2D eigenvalue weighted by atomic mass is 9.98. The zero-order valence-electron chi connectivity index (χ0n) is 14.6. The van der Waals surface area contributed by atoms with E-state index in [0.29, 0.717) is 30.6 Å². The van der Waals surface area contributed by atoms with Crippen molar-refractivity contribution in [2.24, 2.45) is 5.92 Å². The van der Waals surface area contributed by atoms with Gasteiger partial charge in [-0.05, 0) is 37.3 Å². The number of piperidine rings is 1. The van der Waals surface area contributed by atoms with Gasteiger partial charge in [0, 0.05) is 19.2 Å². The van der Waals surface area contributed by atoms with Gasteiger partial charge in [0.15, 0.2) is 0 Å². The van der Waals surface area contributed by atoms with Crippen LogP contribution in [-0.4, -0.2) is 36.6 Å². The summed E-state index contributed by atoms with van der Waals surface area (Å²) in [7, 11) is -3.60. The largest absolute Gasteiger partial charge is 0.325 e.